The van der Waals surface area contributed by atoms with Crippen molar-refractivity contribution >= 4 is 23.6 Å². The second-order valence-electron chi connectivity index (χ2n) is 10.6. The van der Waals surface area contributed by atoms with Crippen molar-refractivity contribution in [2.75, 3.05) is 0 Å². The second-order valence-corrected chi connectivity index (χ2v) is 10.6. The number of nitrogens with zero attached hydrogens (tertiary/aromatic N) is 2. The minimum atomic E-state index is -0.469. The molecule has 180 valence electrons. The molecule has 6 heteroatoms. The molecular weight excluding hydrogens is 452 g/mol. The Labute approximate surface area is 209 Å². The van der Waals surface area contributed by atoms with Gasteiger partial charge in [-0.25, -0.2) is 0 Å². The molecule has 0 aromatic heterocycles. The molecular formula is C30H26N2O4. The number of allylic oxidation sites excluding steroid dienone is 4. The Morgan fingerprint density at radius 1 is 0.611 bits per heavy atom. The largest absolute Gasteiger partial charge is 0.278 e. The molecule has 2 aromatic carbocycles. The van der Waals surface area contributed by atoms with Crippen LogP contribution in [-0.4, -0.2) is 33.4 Å². The van der Waals surface area contributed by atoms with Crippen molar-refractivity contribution in [1.82, 2.24) is 9.80 Å². The smallest absolute Gasteiger partial charge is 0.234 e. The van der Waals surface area contributed by atoms with Crippen molar-refractivity contribution in [3.63, 3.8) is 0 Å². The highest BCUT2D eigenvalue weighted by atomic mass is 16.2. The third-order valence-corrected chi connectivity index (χ3v) is 8.95. The molecule has 2 aromatic rings. The second kappa shape index (κ2) is 7.85. The first-order valence-electron chi connectivity index (χ1n) is 12.7. The first-order valence-corrected chi connectivity index (χ1v) is 12.7. The number of amides is 4. The molecule has 0 N–H and O–H groups in total. The molecule has 2 aliphatic heterocycles. The lowest BCUT2D eigenvalue weighted by molar-refractivity contribution is -0.143. The summed E-state index contributed by atoms with van der Waals surface area (Å²) in [6.07, 6.45) is 6.72. The van der Waals surface area contributed by atoms with Crippen molar-refractivity contribution < 1.29 is 19.2 Å². The molecule has 2 bridgehead atoms. The van der Waals surface area contributed by atoms with Gasteiger partial charge in [-0.05, 0) is 29.4 Å². The predicted molar refractivity (Wildman–Crippen MR) is 130 cm³/mol. The maximum atomic E-state index is 13.7. The van der Waals surface area contributed by atoms with Gasteiger partial charge in [0.2, 0.25) is 23.6 Å². The number of rotatable bonds is 4. The van der Waals surface area contributed by atoms with Crippen molar-refractivity contribution in [2.45, 2.75) is 19.5 Å². The van der Waals surface area contributed by atoms with Crippen LogP contribution in [0.3, 0.4) is 0 Å². The van der Waals surface area contributed by atoms with Gasteiger partial charge in [-0.2, -0.15) is 0 Å². The summed E-state index contributed by atoms with van der Waals surface area (Å²) >= 11 is 0. The van der Waals surface area contributed by atoms with E-state index in [0.29, 0.717) is 6.42 Å². The minimum Gasteiger partial charge on any atom is -0.278 e. The number of carbonyl (C=O) groups is 4. The SMILES string of the molecule is O=C1[C@@H]2[C@H]3C(=CC[C@@H]2C(=O)N1Cc1ccccc1)[C@H]1C=C[C@@H]3[C@@H]2C(=O)N(Cc3ccccc3)C(=O)[C@@H]21. The number of fused-ring (bicyclic) bond motifs is 1. The Hall–Kier alpha value is -3.80. The molecule has 3 fully saturated rings. The van der Waals surface area contributed by atoms with E-state index >= 15 is 0 Å². The highest BCUT2D eigenvalue weighted by Crippen LogP contribution is 2.60. The molecule has 2 heterocycles. The summed E-state index contributed by atoms with van der Waals surface area (Å²) in [7, 11) is 0. The zero-order valence-corrected chi connectivity index (χ0v) is 19.7. The monoisotopic (exact) mass is 478 g/mol. The third-order valence-electron chi connectivity index (χ3n) is 8.95. The molecule has 7 atom stereocenters. The third kappa shape index (κ3) is 2.90. The van der Waals surface area contributed by atoms with Crippen molar-refractivity contribution in [3.8, 4) is 0 Å². The molecule has 36 heavy (non-hydrogen) atoms. The van der Waals surface area contributed by atoms with Gasteiger partial charge in [-0.15, -0.1) is 0 Å². The Morgan fingerprint density at radius 2 is 1.17 bits per heavy atom. The van der Waals surface area contributed by atoms with Gasteiger partial charge in [0.25, 0.3) is 0 Å². The van der Waals surface area contributed by atoms with E-state index in [9.17, 15) is 19.2 Å². The van der Waals surface area contributed by atoms with Gasteiger partial charge in [0.15, 0.2) is 0 Å². The van der Waals surface area contributed by atoms with Crippen LogP contribution in [-0.2, 0) is 32.3 Å². The average molecular weight is 479 g/mol. The van der Waals surface area contributed by atoms with E-state index < -0.39 is 23.7 Å². The van der Waals surface area contributed by atoms with Crippen LogP contribution in [0.2, 0.25) is 0 Å². The minimum absolute atomic E-state index is 0.116. The van der Waals surface area contributed by atoms with Gasteiger partial charge in [-0.1, -0.05) is 84.5 Å². The molecule has 1 saturated carbocycles. The molecule has 4 amide bonds. The van der Waals surface area contributed by atoms with E-state index in [0.717, 1.165) is 16.7 Å². The summed E-state index contributed by atoms with van der Waals surface area (Å²) in [6, 6.07) is 19.1. The molecule has 0 spiro atoms. The van der Waals surface area contributed by atoms with E-state index in [2.05, 4.69) is 12.2 Å². The van der Waals surface area contributed by atoms with Crippen LogP contribution in [0.4, 0.5) is 0 Å². The lowest BCUT2D eigenvalue weighted by atomic mass is 9.51. The van der Waals surface area contributed by atoms with Crippen molar-refractivity contribution in [1.29, 1.82) is 0 Å². The predicted octanol–water partition coefficient (Wildman–Crippen LogP) is 3.35. The first-order chi connectivity index (χ1) is 17.5. The lowest BCUT2D eigenvalue weighted by Gasteiger charge is -2.50. The number of likely N-dealkylation sites (tertiary alicyclic amines) is 2. The first kappa shape index (κ1) is 21.5. The maximum absolute atomic E-state index is 13.7. The Morgan fingerprint density at radius 3 is 1.81 bits per heavy atom. The number of benzene rings is 2. The molecule has 2 saturated heterocycles. The Bertz CT molecular complexity index is 1350. The van der Waals surface area contributed by atoms with Gasteiger partial charge in [0, 0.05) is 5.92 Å². The van der Waals surface area contributed by atoms with E-state index in [1.54, 1.807) is 0 Å². The van der Waals surface area contributed by atoms with Crippen LogP contribution in [0.1, 0.15) is 17.5 Å². The summed E-state index contributed by atoms with van der Waals surface area (Å²) in [5.74, 6) is -2.90. The van der Waals surface area contributed by atoms with E-state index in [1.807, 2.05) is 66.7 Å². The zero-order valence-electron chi connectivity index (χ0n) is 19.7. The molecule has 0 unspecified atom stereocenters. The Kier molecular flexibility index (Phi) is 4.69. The lowest BCUT2D eigenvalue weighted by Crippen LogP contribution is -2.51. The van der Waals surface area contributed by atoms with Crippen LogP contribution < -0.4 is 0 Å². The summed E-state index contributed by atoms with van der Waals surface area (Å²) in [6.45, 7) is 0.537. The highest BCUT2D eigenvalue weighted by molar-refractivity contribution is 6.08. The van der Waals surface area contributed by atoms with Crippen LogP contribution in [0.15, 0.2) is 84.5 Å². The fourth-order valence-corrected chi connectivity index (χ4v) is 7.44. The van der Waals surface area contributed by atoms with Gasteiger partial charge >= 0.3 is 0 Å². The van der Waals surface area contributed by atoms with Crippen LogP contribution >= 0.6 is 0 Å². The summed E-state index contributed by atoms with van der Waals surface area (Å²) in [5.41, 5.74) is 2.92. The zero-order chi connectivity index (χ0) is 24.6. The van der Waals surface area contributed by atoms with Crippen LogP contribution in [0, 0.1) is 41.4 Å². The van der Waals surface area contributed by atoms with E-state index in [4.69, 9.17) is 0 Å². The standard InChI is InChI=1S/C30H26N2O4/c33-27-22-14-12-19-20-11-13-21(23(19)26(22)30(36)31(27)15-17-7-3-1-4-8-17)25-24(20)28(34)32(29(25)35)16-18-9-5-2-6-10-18/h1-13,20-26H,14-16H2/t20-,21+,22+,23+,24-,25+,26+/m1/s1. The van der Waals surface area contributed by atoms with E-state index in [-0.39, 0.29) is 54.5 Å². The highest BCUT2D eigenvalue weighted by Gasteiger charge is 2.65. The fraction of sp³-hybridized carbons (Fsp3) is 0.333. The number of carbonyl (C=O) groups excluding carboxylic acids is 4. The molecule has 8 rings (SSSR count). The van der Waals surface area contributed by atoms with E-state index in [1.165, 1.54) is 9.80 Å². The topological polar surface area (TPSA) is 74.8 Å². The summed E-state index contributed by atoms with van der Waals surface area (Å²) in [4.78, 5) is 57.1. The van der Waals surface area contributed by atoms with Crippen molar-refractivity contribution in [2.24, 2.45) is 41.4 Å². The van der Waals surface area contributed by atoms with Gasteiger partial charge in [-0.3, -0.25) is 29.0 Å². The molecule has 4 aliphatic carbocycles. The van der Waals surface area contributed by atoms with Crippen molar-refractivity contribution in [3.05, 3.63) is 95.6 Å². The molecule has 6 aliphatic rings. The van der Waals surface area contributed by atoms with Gasteiger partial charge in [0.1, 0.15) is 0 Å². The average Bonchev–Trinajstić information content (AvgIpc) is 3.31. The Balaban J connectivity index is 1.21. The number of imide groups is 2. The maximum Gasteiger partial charge on any atom is 0.234 e. The number of hydrogen-bond acceptors (Lipinski definition) is 4. The summed E-state index contributed by atoms with van der Waals surface area (Å²) < 4.78 is 0. The van der Waals surface area contributed by atoms with Gasteiger partial charge in [0.05, 0.1) is 36.8 Å². The summed E-state index contributed by atoms with van der Waals surface area (Å²) in [5, 5.41) is 0. The quantitative estimate of drug-likeness (QED) is 0.499. The molecule has 6 nitrogen and oxygen atoms in total. The number of hydrogen-bond donors (Lipinski definition) is 0. The molecule has 0 radical (unpaired) electrons. The fourth-order valence-electron chi connectivity index (χ4n) is 7.44. The van der Waals surface area contributed by atoms with Crippen LogP contribution in [0.25, 0.3) is 0 Å². The van der Waals surface area contributed by atoms with Gasteiger partial charge < -0.3 is 0 Å². The van der Waals surface area contributed by atoms with Crippen LogP contribution in [0.5, 0.6) is 0 Å². The normalized spacial score (nSPS) is 34.1.